The van der Waals surface area contributed by atoms with Crippen molar-refractivity contribution in [2.45, 2.75) is 26.8 Å². The third-order valence-electron chi connectivity index (χ3n) is 6.33. The lowest BCUT2D eigenvalue weighted by Gasteiger charge is -2.39. The summed E-state index contributed by atoms with van der Waals surface area (Å²) in [4.78, 5) is 29.7. The molecule has 1 aliphatic heterocycles. The zero-order valence-electron chi connectivity index (χ0n) is 19.5. The number of benzene rings is 3. The van der Waals surface area contributed by atoms with Gasteiger partial charge in [-0.3, -0.25) is 14.5 Å². The van der Waals surface area contributed by atoms with Crippen molar-refractivity contribution in [2.24, 2.45) is 0 Å². The molecule has 5 nitrogen and oxygen atoms in total. The number of piperazine rings is 1. The van der Waals surface area contributed by atoms with Gasteiger partial charge >= 0.3 is 0 Å². The number of carbonyl (C=O) groups is 2. The minimum Gasteiger partial charge on any atom is -0.369 e. The van der Waals surface area contributed by atoms with E-state index in [0.717, 1.165) is 59.8 Å². The van der Waals surface area contributed by atoms with Gasteiger partial charge in [-0.2, -0.15) is 0 Å². The van der Waals surface area contributed by atoms with Crippen molar-refractivity contribution < 1.29 is 9.59 Å². The zero-order chi connectivity index (χ0) is 23.4. The van der Waals surface area contributed by atoms with Crippen molar-refractivity contribution in [1.82, 2.24) is 4.90 Å². The van der Waals surface area contributed by atoms with Crippen LogP contribution in [0.5, 0.6) is 0 Å². The maximum absolute atomic E-state index is 13.5. The van der Waals surface area contributed by atoms with Gasteiger partial charge in [-0.15, -0.1) is 0 Å². The van der Waals surface area contributed by atoms with Gasteiger partial charge < -0.3 is 10.2 Å². The second-order valence-corrected chi connectivity index (χ2v) is 8.75. The molecule has 3 aromatic rings. The molecule has 0 spiro atoms. The smallest absolute Gasteiger partial charge is 0.246 e. The third kappa shape index (κ3) is 5.32. The lowest BCUT2D eigenvalue weighted by molar-refractivity contribution is -0.121. The number of Topliss-reactive ketones (excluding diaryl/α,β-unsaturated/α-hetero) is 1. The molecule has 0 radical (unpaired) electrons. The number of amides is 1. The van der Waals surface area contributed by atoms with E-state index in [0.29, 0.717) is 0 Å². The molecule has 1 N–H and O–H groups in total. The highest BCUT2D eigenvalue weighted by Gasteiger charge is 2.31. The molecule has 33 heavy (non-hydrogen) atoms. The van der Waals surface area contributed by atoms with Crippen molar-refractivity contribution in [3.63, 3.8) is 0 Å². The molecule has 0 unspecified atom stereocenters. The summed E-state index contributed by atoms with van der Waals surface area (Å²) in [5.41, 5.74) is 5.88. The average molecular weight is 442 g/mol. The summed E-state index contributed by atoms with van der Waals surface area (Å²) in [6.07, 6.45) is 0. The lowest BCUT2D eigenvalue weighted by atomic mass is 10.0. The summed E-state index contributed by atoms with van der Waals surface area (Å²) in [5, 5.41) is 3.18. The van der Waals surface area contributed by atoms with E-state index in [1.807, 2.05) is 80.6 Å². The van der Waals surface area contributed by atoms with Gasteiger partial charge in [0.05, 0.1) is 0 Å². The number of ketones is 1. The Kier molecular flexibility index (Phi) is 6.90. The number of aryl methyl sites for hydroxylation is 2. The first-order chi connectivity index (χ1) is 15.9. The van der Waals surface area contributed by atoms with Crippen LogP contribution < -0.4 is 10.2 Å². The van der Waals surface area contributed by atoms with Crippen LogP contribution in [0.4, 0.5) is 11.4 Å². The molecule has 1 atom stereocenters. The van der Waals surface area contributed by atoms with Crippen LogP contribution in [0.3, 0.4) is 0 Å². The normalized spacial score (nSPS) is 15.2. The van der Waals surface area contributed by atoms with Gasteiger partial charge in [-0.25, -0.2) is 0 Å². The SMILES string of the molecule is CC(=O)c1ccc(N2CCN([C@@H](C(=O)Nc3cc(C)ccc3C)c3ccccc3)CC2)cc1. The van der Waals surface area contributed by atoms with Gasteiger partial charge in [0.1, 0.15) is 6.04 Å². The van der Waals surface area contributed by atoms with Crippen LogP contribution in [-0.2, 0) is 4.79 Å². The van der Waals surface area contributed by atoms with Crippen LogP contribution in [0.1, 0.15) is 40.0 Å². The van der Waals surface area contributed by atoms with E-state index in [-0.39, 0.29) is 17.7 Å². The molecule has 1 fully saturated rings. The molecule has 4 rings (SSSR count). The highest BCUT2D eigenvalue weighted by atomic mass is 16.2. The van der Waals surface area contributed by atoms with Crippen molar-refractivity contribution in [3.8, 4) is 0 Å². The van der Waals surface area contributed by atoms with Crippen LogP contribution in [0.15, 0.2) is 72.8 Å². The van der Waals surface area contributed by atoms with Crippen molar-refractivity contribution in [1.29, 1.82) is 0 Å². The Balaban J connectivity index is 1.51. The van der Waals surface area contributed by atoms with Crippen molar-refractivity contribution in [3.05, 3.63) is 95.1 Å². The standard InChI is InChI=1S/C28H31N3O2/c1-20-9-10-21(2)26(19-20)29-28(33)27(24-7-5-4-6-8-24)31-17-15-30(16-18-31)25-13-11-23(12-14-25)22(3)32/h4-14,19,27H,15-18H2,1-3H3,(H,29,33)/t27-/m1/s1. The molecule has 170 valence electrons. The predicted molar refractivity (Wildman–Crippen MR) is 134 cm³/mol. The van der Waals surface area contributed by atoms with E-state index in [9.17, 15) is 9.59 Å². The van der Waals surface area contributed by atoms with E-state index in [4.69, 9.17) is 0 Å². The largest absolute Gasteiger partial charge is 0.369 e. The Labute approximate surface area is 196 Å². The summed E-state index contributed by atoms with van der Waals surface area (Å²) >= 11 is 0. The number of hydrogen-bond acceptors (Lipinski definition) is 4. The molecule has 0 bridgehead atoms. The van der Waals surface area contributed by atoms with Crippen LogP contribution in [-0.4, -0.2) is 42.8 Å². The van der Waals surface area contributed by atoms with Crippen molar-refractivity contribution in [2.75, 3.05) is 36.4 Å². The Morgan fingerprint density at radius 2 is 1.52 bits per heavy atom. The Hall–Kier alpha value is -3.44. The maximum Gasteiger partial charge on any atom is 0.246 e. The fourth-order valence-corrected chi connectivity index (χ4v) is 4.38. The lowest BCUT2D eigenvalue weighted by Crippen LogP contribution is -2.50. The second kappa shape index (κ2) is 10.0. The van der Waals surface area contributed by atoms with E-state index in [2.05, 4.69) is 21.2 Å². The average Bonchev–Trinajstić information content (AvgIpc) is 2.83. The Morgan fingerprint density at radius 3 is 2.15 bits per heavy atom. The van der Waals surface area contributed by atoms with Gasteiger partial charge in [0.25, 0.3) is 0 Å². The summed E-state index contributed by atoms with van der Waals surface area (Å²) in [6, 6.07) is 23.6. The number of anilines is 2. The monoisotopic (exact) mass is 441 g/mol. The molecule has 0 aromatic heterocycles. The molecule has 5 heteroatoms. The predicted octanol–water partition coefficient (Wildman–Crippen LogP) is 5.01. The topological polar surface area (TPSA) is 52.7 Å². The van der Waals surface area contributed by atoms with Gasteiger partial charge in [0.15, 0.2) is 5.78 Å². The quantitative estimate of drug-likeness (QED) is 0.547. The number of nitrogens with one attached hydrogen (secondary N) is 1. The highest BCUT2D eigenvalue weighted by molar-refractivity contribution is 5.96. The van der Waals surface area contributed by atoms with Gasteiger partial charge in [-0.05, 0) is 67.8 Å². The summed E-state index contributed by atoms with van der Waals surface area (Å²) in [5.74, 6) is 0.0705. The molecular weight excluding hydrogens is 410 g/mol. The number of hydrogen-bond donors (Lipinski definition) is 1. The molecule has 3 aromatic carbocycles. The van der Waals surface area contributed by atoms with Crippen LogP contribution in [0.25, 0.3) is 0 Å². The second-order valence-electron chi connectivity index (χ2n) is 8.75. The summed E-state index contributed by atoms with van der Waals surface area (Å²) in [6.45, 7) is 8.82. The third-order valence-corrected chi connectivity index (χ3v) is 6.33. The molecule has 1 amide bonds. The first-order valence-electron chi connectivity index (χ1n) is 11.5. The first kappa shape index (κ1) is 22.7. The number of nitrogens with zero attached hydrogens (tertiary/aromatic N) is 2. The number of carbonyl (C=O) groups excluding carboxylic acids is 2. The molecule has 1 aliphatic rings. The van der Waals surface area contributed by atoms with Gasteiger partial charge in [-0.1, -0.05) is 42.5 Å². The Morgan fingerprint density at radius 1 is 0.848 bits per heavy atom. The van der Waals surface area contributed by atoms with Crippen LogP contribution >= 0.6 is 0 Å². The van der Waals surface area contributed by atoms with Crippen LogP contribution in [0.2, 0.25) is 0 Å². The van der Waals surface area contributed by atoms with E-state index in [1.165, 1.54) is 0 Å². The van der Waals surface area contributed by atoms with Crippen LogP contribution in [0, 0.1) is 13.8 Å². The molecule has 0 saturated carbocycles. The fraction of sp³-hybridized carbons (Fsp3) is 0.286. The minimum absolute atomic E-state index is 0.00541. The first-order valence-corrected chi connectivity index (χ1v) is 11.5. The van der Waals surface area contributed by atoms with Gasteiger partial charge in [0.2, 0.25) is 5.91 Å². The molecule has 1 saturated heterocycles. The molecule has 1 heterocycles. The molecular formula is C28H31N3O2. The van der Waals surface area contributed by atoms with E-state index in [1.54, 1.807) is 6.92 Å². The molecule has 0 aliphatic carbocycles. The minimum atomic E-state index is -0.353. The van der Waals surface area contributed by atoms with Crippen molar-refractivity contribution >= 4 is 23.1 Å². The maximum atomic E-state index is 13.5. The van der Waals surface area contributed by atoms with E-state index >= 15 is 0 Å². The fourth-order valence-electron chi connectivity index (χ4n) is 4.38. The zero-order valence-corrected chi connectivity index (χ0v) is 19.5. The van der Waals surface area contributed by atoms with E-state index < -0.39 is 0 Å². The number of rotatable bonds is 6. The Bertz CT molecular complexity index is 1120. The summed E-state index contributed by atoms with van der Waals surface area (Å²) in [7, 11) is 0. The highest BCUT2D eigenvalue weighted by Crippen LogP contribution is 2.27. The summed E-state index contributed by atoms with van der Waals surface area (Å²) < 4.78 is 0. The van der Waals surface area contributed by atoms with Gasteiger partial charge in [0, 0.05) is 43.1 Å².